The molecule has 0 radical (unpaired) electrons. The maximum absolute atomic E-state index is 11.0. The molecule has 88 valence electrons. The van der Waals surface area contributed by atoms with Crippen LogP contribution in [0.4, 0.5) is 15.6 Å². The Hall–Kier alpha value is -2.08. The van der Waals surface area contributed by atoms with Crippen LogP contribution in [0.25, 0.3) is 11.3 Å². The summed E-state index contributed by atoms with van der Waals surface area (Å²) in [5.41, 5.74) is 8.06. The summed E-state index contributed by atoms with van der Waals surface area (Å²) in [5, 5.41) is 4.85. The number of nitrogens with two attached hydrogens (primary N) is 1. The van der Waals surface area contributed by atoms with Crippen LogP contribution >= 0.6 is 11.3 Å². The average molecular weight is 249 g/mol. The van der Waals surface area contributed by atoms with Crippen LogP contribution in [-0.2, 0) is 4.74 Å². The SMILES string of the molecule is COC(=O)Nc1nc(-c2cccc(N)c2)cs1. The molecule has 0 saturated heterocycles. The van der Waals surface area contributed by atoms with Gasteiger partial charge in [-0.05, 0) is 12.1 Å². The fourth-order valence-corrected chi connectivity index (χ4v) is 2.01. The highest BCUT2D eigenvalue weighted by molar-refractivity contribution is 7.14. The first kappa shape index (κ1) is 11.4. The van der Waals surface area contributed by atoms with Gasteiger partial charge in [0, 0.05) is 16.6 Å². The number of nitrogens with one attached hydrogen (secondary N) is 1. The van der Waals surface area contributed by atoms with E-state index in [2.05, 4.69) is 15.0 Å². The smallest absolute Gasteiger partial charge is 0.413 e. The number of nitrogen functional groups attached to an aromatic ring is 1. The van der Waals surface area contributed by atoms with E-state index in [1.807, 2.05) is 29.6 Å². The Bertz CT molecular complexity index is 539. The highest BCUT2D eigenvalue weighted by atomic mass is 32.1. The van der Waals surface area contributed by atoms with E-state index >= 15 is 0 Å². The summed E-state index contributed by atoms with van der Waals surface area (Å²) >= 11 is 1.33. The number of benzene rings is 1. The molecule has 17 heavy (non-hydrogen) atoms. The third kappa shape index (κ3) is 2.73. The van der Waals surface area contributed by atoms with Crippen LogP contribution in [0.15, 0.2) is 29.6 Å². The van der Waals surface area contributed by atoms with Crippen molar-refractivity contribution in [1.29, 1.82) is 0 Å². The van der Waals surface area contributed by atoms with Crippen molar-refractivity contribution in [1.82, 2.24) is 4.98 Å². The molecule has 2 aromatic rings. The molecule has 2 rings (SSSR count). The molecule has 3 N–H and O–H groups in total. The zero-order valence-corrected chi connectivity index (χ0v) is 9.95. The molecule has 0 fully saturated rings. The first-order valence-electron chi connectivity index (χ1n) is 4.85. The van der Waals surface area contributed by atoms with Crippen LogP contribution in [0.5, 0.6) is 0 Å². The predicted octanol–water partition coefficient (Wildman–Crippen LogP) is 2.57. The number of ether oxygens (including phenoxy) is 1. The van der Waals surface area contributed by atoms with Gasteiger partial charge in [0.05, 0.1) is 12.8 Å². The van der Waals surface area contributed by atoms with Crippen LogP contribution < -0.4 is 11.1 Å². The lowest BCUT2D eigenvalue weighted by molar-refractivity contribution is 0.187. The second-order valence-electron chi connectivity index (χ2n) is 3.28. The maximum Gasteiger partial charge on any atom is 0.413 e. The Kier molecular flexibility index (Phi) is 3.24. The highest BCUT2D eigenvalue weighted by Gasteiger charge is 2.07. The van der Waals surface area contributed by atoms with E-state index in [4.69, 9.17) is 5.73 Å². The van der Waals surface area contributed by atoms with Crippen molar-refractivity contribution >= 4 is 28.2 Å². The summed E-state index contributed by atoms with van der Waals surface area (Å²) in [6.07, 6.45) is -0.529. The molecule has 0 spiro atoms. The molecule has 1 aromatic carbocycles. The molecular formula is C11H11N3O2S. The Labute approximate surface area is 102 Å². The zero-order valence-electron chi connectivity index (χ0n) is 9.14. The number of carbonyl (C=O) groups excluding carboxylic acids is 1. The fourth-order valence-electron chi connectivity index (χ4n) is 1.30. The summed E-state index contributed by atoms with van der Waals surface area (Å²) in [6, 6.07) is 7.41. The number of anilines is 2. The van der Waals surface area contributed by atoms with E-state index in [-0.39, 0.29) is 0 Å². The molecule has 1 amide bonds. The number of amides is 1. The summed E-state index contributed by atoms with van der Waals surface area (Å²) in [6.45, 7) is 0. The van der Waals surface area contributed by atoms with E-state index in [0.717, 1.165) is 11.3 Å². The quantitative estimate of drug-likeness (QED) is 0.802. The van der Waals surface area contributed by atoms with Crippen molar-refractivity contribution in [2.45, 2.75) is 0 Å². The van der Waals surface area contributed by atoms with Crippen molar-refractivity contribution < 1.29 is 9.53 Å². The minimum Gasteiger partial charge on any atom is -0.453 e. The van der Waals surface area contributed by atoms with E-state index in [1.165, 1.54) is 18.4 Å². The number of hydrogen-bond donors (Lipinski definition) is 2. The largest absolute Gasteiger partial charge is 0.453 e. The van der Waals surface area contributed by atoms with Gasteiger partial charge in [-0.3, -0.25) is 5.32 Å². The highest BCUT2D eigenvalue weighted by Crippen LogP contribution is 2.25. The van der Waals surface area contributed by atoms with Crippen molar-refractivity contribution in [2.75, 3.05) is 18.2 Å². The molecule has 0 saturated carbocycles. The van der Waals surface area contributed by atoms with Crippen LogP contribution in [0.2, 0.25) is 0 Å². The Balaban J connectivity index is 2.21. The standard InChI is InChI=1S/C11H11N3O2S/c1-16-11(15)14-10-13-9(6-17-10)7-3-2-4-8(12)5-7/h2-6H,12H2,1H3,(H,13,14,15). The second-order valence-corrected chi connectivity index (χ2v) is 4.14. The minimum atomic E-state index is -0.529. The molecule has 1 aromatic heterocycles. The first-order chi connectivity index (χ1) is 8.19. The summed E-state index contributed by atoms with van der Waals surface area (Å²) in [4.78, 5) is 15.3. The number of methoxy groups -OCH3 is 1. The Morgan fingerprint density at radius 1 is 1.53 bits per heavy atom. The van der Waals surface area contributed by atoms with E-state index in [0.29, 0.717) is 10.8 Å². The summed E-state index contributed by atoms with van der Waals surface area (Å²) in [7, 11) is 1.31. The third-order valence-corrected chi connectivity index (χ3v) is 2.84. The van der Waals surface area contributed by atoms with Crippen LogP contribution in [-0.4, -0.2) is 18.2 Å². The van der Waals surface area contributed by atoms with Crippen LogP contribution in [0, 0.1) is 0 Å². The van der Waals surface area contributed by atoms with Gasteiger partial charge in [-0.15, -0.1) is 11.3 Å². The topological polar surface area (TPSA) is 77.2 Å². The van der Waals surface area contributed by atoms with Gasteiger partial charge < -0.3 is 10.5 Å². The van der Waals surface area contributed by atoms with Gasteiger partial charge >= 0.3 is 6.09 Å². The molecule has 0 aliphatic rings. The van der Waals surface area contributed by atoms with E-state index < -0.39 is 6.09 Å². The molecule has 0 bridgehead atoms. The number of carbonyl (C=O) groups is 1. The number of hydrogen-bond acceptors (Lipinski definition) is 5. The van der Waals surface area contributed by atoms with Gasteiger partial charge in [-0.25, -0.2) is 9.78 Å². The van der Waals surface area contributed by atoms with Gasteiger partial charge in [0.15, 0.2) is 5.13 Å². The minimum absolute atomic E-state index is 0.495. The van der Waals surface area contributed by atoms with Crippen LogP contribution in [0.3, 0.4) is 0 Å². The lowest BCUT2D eigenvalue weighted by atomic mass is 10.1. The van der Waals surface area contributed by atoms with Gasteiger partial charge in [-0.2, -0.15) is 0 Å². The second kappa shape index (κ2) is 4.84. The van der Waals surface area contributed by atoms with Crippen LogP contribution in [0.1, 0.15) is 0 Å². The van der Waals surface area contributed by atoms with Gasteiger partial charge in [0.2, 0.25) is 0 Å². The molecular weight excluding hydrogens is 238 g/mol. The zero-order chi connectivity index (χ0) is 12.3. The summed E-state index contributed by atoms with van der Waals surface area (Å²) in [5.74, 6) is 0. The summed E-state index contributed by atoms with van der Waals surface area (Å²) < 4.78 is 4.48. The van der Waals surface area contributed by atoms with Gasteiger partial charge in [0.1, 0.15) is 0 Å². The normalized spacial score (nSPS) is 9.94. The number of thiazole rings is 1. The molecule has 0 atom stereocenters. The maximum atomic E-state index is 11.0. The lowest BCUT2D eigenvalue weighted by Gasteiger charge is -1.99. The molecule has 5 nitrogen and oxygen atoms in total. The number of aromatic nitrogens is 1. The lowest BCUT2D eigenvalue weighted by Crippen LogP contribution is -2.10. The fraction of sp³-hybridized carbons (Fsp3) is 0.0909. The molecule has 6 heteroatoms. The monoisotopic (exact) mass is 249 g/mol. The third-order valence-electron chi connectivity index (χ3n) is 2.08. The molecule has 1 heterocycles. The molecule has 0 aliphatic carbocycles. The Morgan fingerprint density at radius 2 is 2.35 bits per heavy atom. The van der Waals surface area contributed by atoms with Crippen molar-refractivity contribution in [2.24, 2.45) is 0 Å². The van der Waals surface area contributed by atoms with E-state index in [9.17, 15) is 4.79 Å². The van der Waals surface area contributed by atoms with Crippen molar-refractivity contribution in [3.05, 3.63) is 29.6 Å². The van der Waals surface area contributed by atoms with Crippen molar-refractivity contribution in [3.8, 4) is 11.3 Å². The average Bonchev–Trinajstić information content (AvgIpc) is 2.77. The van der Waals surface area contributed by atoms with Crippen molar-refractivity contribution in [3.63, 3.8) is 0 Å². The molecule has 0 unspecified atom stereocenters. The van der Waals surface area contributed by atoms with E-state index in [1.54, 1.807) is 0 Å². The number of rotatable bonds is 2. The Morgan fingerprint density at radius 3 is 3.06 bits per heavy atom. The van der Waals surface area contributed by atoms with Gasteiger partial charge in [-0.1, -0.05) is 12.1 Å². The number of nitrogens with zero attached hydrogens (tertiary/aromatic N) is 1. The predicted molar refractivity (Wildman–Crippen MR) is 68.0 cm³/mol. The van der Waals surface area contributed by atoms with Gasteiger partial charge in [0.25, 0.3) is 0 Å². The first-order valence-corrected chi connectivity index (χ1v) is 5.73. The molecule has 0 aliphatic heterocycles.